The fourth-order valence-electron chi connectivity index (χ4n) is 2.14. The van der Waals surface area contributed by atoms with Gasteiger partial charge >= 0.3 is 0 Å². The fourth-order valence-corrected chi connectivity index (χ4v) is 3.50. The molecular weight excluding hydrogens is 404 g/mol. The third-order valence-electron chi connectivity index (χ3n) is 3.35. The highest BCUT2D eigenvalue weighted by molar-refractivity contribution is 9.10. The van der Waals surface area contributed by atoms with Gasteiger partial charge in [0.25, 0.3) is 5.91 Å². The lowest BCUT2D eigenvalue weighted by Crippen LogP contribution is -2.19. The molecule has 0 heterocycles. The van der Waals surface area contributed by atoms with Crippen molar-refractivity contribution in [1.29, 1.82) is 0 Å². The van der Waals surface area contributed by atoms with Crippen molar-refractivity contribution in [3.8, 4) is 5.75 Å². The average Bonchev–Trinajstić information content (AvgIpc) is 2.61. The Morgan fingerprint density at radius 3 is 2.68 bits per heavy atom. The molecule has 0 fully saturated rings. The molecule has 2 amide bonds. The van der Waals surface area contributed by atoms with Crippen LogP contribution in [0.5, 0.6) is 5.75 Å². The van der Waals surface area contributed by atoms with E-state index in [-0.39, 0.29) is 11.8 Å². The Bertz CT molecular complexity index is 768. The summed E-state index contributed by atoms with van der Waals surface area (Å²) in [5.41, 5.74) is 2.22. The summed E-state index contributed by atoms with van der Waals surface area (Å²) in [5, 5.41) is 5.37. The van der Waals surface area contributed by atoms with Gasteiger partial charge in [0.1, 0.15) is 5.75 Å². The second kappa shape index (κ2) is 9.48. The molecule has 132 valence electrons. The van der Waals surface area contributed by atoms with Gasteiger partial charge in [-0.25, -0.2) is 0 Å². The van der Waals surface area contributed by atoms with Crippen molar-refractivity contribution < 1.29 is 14.3 Å². The highest BCUT2D eigenvalue weighted by Gasteiger charge is 2.07. The summed E-state index contributed by atoms with van der Waals surface area (Å²) in [5.74, 6) is 1.53. The van der Waals surface area contributed by atoms with Crippen LogP contribution in [0.25, 0.3) is 0 Å². The summed E-state index contributed by atoms with van der Waals surface area (Å²) in [6.45, 7) is 0. The number of methoxy groups -OCH3 is 1. The molecule has 0 unspecified atom stereocenters. The van der Waals surface area contributed by atoms with Crippen LogP contribution in [0.3, 0.4) is 0 Å². The molecule has 0 radical (unpaired) electrons. The number of nitrogens with one attached hydrogen (secondary N) is 2. The van der Waals surface area contributed by atoms with E-state index in [1.54, 1.807) is 38.4 Å². The van der Waals surface area contributed by atoms with E-state index in [4.69, 9.17) is 4.74 Å². The Hall–Kier alpha value is -1.99. The van der Waals surface area contributed by atoms with E-state index in [1.807, 2.05) is 18.2 Å². The van der Waals surface area contributed by atoms with Crippen LogP contribution in [0, 0.1) is 0 Å². The maximum absolute atomic E-state index is 12.1. The molecule has 2 aromatic carbocycles. The first-order valence-electron chi connectivity index (χ1n) is 7.55. The molecule has 2 aromatic rings. The van der Waals surface area contributed by atoms with Crippen LogP contribution >= 0.6 is 27.7 Å². The van der Waals surface area contributed by atoms with Gasteiger partial charge in [-0.3, -0.25) is 9.59 Å². The molecule has 25 heavy (non-hydrogen) atoms. The topological polar surface area (TPSA) is 67.4 Å². The number of anilines is 1. The monoisotopic (exact) mass is 422 g/mol. The molecule has 0 atom stereocenters. The van der Waals surface area contributed by atoms with Gasteiger partial charge in [0, 0.05) is 24.1 Å². The lowest BCUT2D eigenvalue weighted by molar-refractivity contribution is -0.113. The Morgan fingerprint density at radius 2 is 2.00 bits per heavy atom. The zero-order valence-electron chi connectivity index (χ0n) is 14.0. The average molecular weight is 423 g/mol. The maximum atomic E-state index is 12.1. The van der Waals surface area contributed by atoms with Crippen molar-refractivity contribution >= 4 is 45.2 Å². The molecule has 0 aliphatic rings. The number of thioether (sulfide) groups is 1. The molecule has 7 heteroatoms. The third-order valence-corrected chi connectivity index (χ3v) is 4.98. The molecule has 2 N–H and O–H groups in total. The van der Waals surface area contributed by atoms with E-state index in [0.717, 1.165) is 15.8 Å². The normalized spacial score (nSPS) is 10.2. The Morgan fingerprint density at radius 1 is 1.20 bits per heavy atom. The van der Waals surface area contributed by atoms with E-state index in [9.17, 15) is 9.59 Å². The van der Waals surface area contributed by atoms with Crippen molar-refractivity contribution in [2.24, 2.45) is 0 Å². The van der Waals surface area contributed by atoms with Crippen molar-refractivity contribution in [2.45, 2.75) is 5.75 Å². The number of amides is 2. The Kier molecular flexibility index (Phi) is 7.33. The van der Waals surface area contributed by atoms with Gasteiger partial charge in [-0.1, -0.05) is 12.1 Å². The van der Waals surface area contributed by atoms with Crippen molar-refractivity contribution in [2.75, 3.05) is 25.2 Å². The summed E-state index contributed by atoms with van der Waals surface area (Å²) >= 11 is 4.97. The van der Waals surface area contributed by atoms with Crippen LogP contribution in [0.2, 0.25) is 0 Å². The number of ether oxygens (including phenoxy) is 1. The zero-order chi connectivity index (χ0) is 18.2. The van der Waals surface area contributed by atoms with Crippen LogP contribution in [-0.2, 0) is 10.5 Å². The number of rotatable bonds is 7. The Balaban J connectivity index is 1.85. The van der Waals surface area contributed by atoms with Crippen LogP contribution in [0.4, 0.5) is 5.69 Å². The predicted molar refractivity (Wildman–Crippen MR) is 105 cm³/mol. The molecular formula is C18H19BrN2O3S. The van der Waals surface area contributed by atoms with Crippen molar-refractivity contribution in [3.05, 3.63) is 58.1 Å². The summed E-state index contributed by atoms with van der Waals surface area (Å²) in [4.78, 5) is 23.7. The lowest BCUT2D eigenvalue weighted by atomic mass is 10.2. The summed E-state index contributed by atoms with van der Waals surface area (Å²) in [6, 6.07) is 12.7. The summed E-state index contributed by atoms with van der Waals surface area (Å²) < 4.78 is 6.09. The molecule has 2 rings (SSSR count). The van der Waals surface area contributed by atoms with E-state index >= 15 is 0 Å². The van der Waals surface area contributed by atoms with Gasteiger partial charge in [-0.15, -0.1) is 11.8 Å². The number of carbonyl (C=O) groups is 2. The molecule has 0 saturated heterocycles. The van der Waals surface area contributed by atoms with E-state index < -0.39 is 0 Å². The van der Waals surface area contributed by atoms with E-state index in [1.165, 1.54) is 11.8 Å². The minimum atomic E-state index is -0.185. The van der Waals surface area contributed by atoms with Crippen molar-refractivity contribution in [3.63, 3.8) is 0 Å². The maximum Gasteiger partial charge on any atom is 0.251 e. The quantitative estimate of drug-likeness (QED) is 0.713. The minimum Gasteiger partial charge on any atom is -0.496 e. The number of hydrogen-bond acceptors (Lipinski definition) is 4. The van der Waals surface area contributed by atoms with E-state index in [0.29, 0.717) is 22.8 Å². The van der Waals surface area contributed by atoms with Crippen LogP contribution in [0.1, 0.15) is 15.9 Å². The number of halogens is 1. The second-order valence-corrected chi connectivity index (χ2v) is 7.01. The first kappa shape index (κ1) is 19.3. The van der Waals surface area contributed by atoms with Gasteiger partial charge in [-0.2, -0.15) is 0 Å². The van der Waals surface area contributed by atoms with E-state index in [2.05, 4.69) is 26.6 Å². The first-order valence-corrected chi connectivity index (χ1v) is 9.50. The van der Waals surface area contributed by atoms with Crippen molar-refractivity contribution in [1.82, 2.24) is 5.32 Å². The van der Waals surface area contributed by atoms with Crippen LogP contribution in [0.15, 0.2) is 46.9 Å². The zero-order valence-corrected chi connectivity index (χ0v) is 16.4. The Labute approximate surface area is 159 Å². The SMILES string of the molecule is CNC(=O)c1cccc(NC(=O)CSCc2ccc(OC)c(Br)c2)c1. The molecule has 0 aromatic heterocycles. The fraction of sp³-hybridized carbons (Fsp3) is 0.222. The van der Waals surface area contributed by atoms with Crippen LogP contribution < -0.4 is 15.4 Å². The first-order chi connectivity index (χ1) is 12.0. The number of carbonyl (C=O) groups excluding carboxylic acids is 2. The molecule has 0 spiro atoms. The van der Waals surface area contributed by atoms with Gasteiger partial charge in [0.15, 0.2) is 0 Å². The second-order valence-electron chi connectivity index (χ2n) is 5.17. The predicted octanol–water partition coefficient (Wildman–Crippen LogP) is 3.69. The third kappa shape index (κ3) is 5.79. The number of benzene rings is 2. The molecule has 0 saturated carbocycles. The lowest BCUT2D eigenvalue weighted by Gasteiger charge is -2.08. The summed E-state index contributed by atoms with van der Waals surface area (Å²) in [7, 11) is 3.19. The summed E-state index contributed by atoms with van der Waals surface area (Å²) in [6.07, 6.45) is 0. The standard InChI is InChI=1S/C18H19BrN2O3S/c1-20-18(23)13-4-3-5-14(9-13)21-17(22)11-25-10-12-6-7-16(24-2)15(19)8-12/h3-9H,10-11H2,1-2H3,(H,20,23)(H,21,22). The molecule has 5 nitrogen and oxygen atoms in total. The highest BCUT2D eigenvalue weighted by Crippen LogP contribution is 2.27. The van der Waals surface area contributed by atoms with Gasteiger partial charge < -0.3 is 15.4 Å². The minimum absolute atomic E-state index is 0.105. The molecule has 0 aliphatic heterocycles. The highest BCUT2D eigenvalue weighted by atomic mass is 79.9. The van der Waals surface area contributed by atoms with Crippen LogP contribution in [-0.4, -0.2) is 31.7 Å². The van der Waals surface area contributed by atoms with Gasteiger partial charge in [0.05, 0.1) is 17.3 Å². The van der Waals surface area contributed by atoms with Gasteiger partial charge in [-0.05, 0) is 51.8 Å². The largest absolute Gasteiger partial charge is 0.496 e. The smallest absolute Gasteiger partial charge is 0.251 e. The van der Waals surface area contributed by atoms with Gasteiger partial charge in [0.2, 0.25) is 5.91 Å². The molecule has 0 bridgehead atoms. The molecule has 0 aliphatic carbocycles. The number of hydrogen-bond donors (Lipinski definition) is 2.